The van der Waals surface area contributed by atoms with Crippen LogP contribution in [0.2, 0.25) is 0 Å². The summed E-state index contributed by atoms with van der Waals surface area (Å²) in [5.41, 5.74) is -1.19. The largest absolute Gasteiger partial charge is 0.444 e. The van der Waals surface area contributed by atoms with Crippen LogP contribution in [0.5, 0.6) is 0 Å². The van der Waals surface area contributed by atoms with Crippen molar-refractivity contribution in [1.29, 1.82) is 0 Å². The Bertz CT molecular complexity index is 966. The van der Waals surface area contributed by atoms with Gasteiger partial charge in [0.2, 0.25) is 0 Å². The van der Waals surface area contributed by atoms with E-state index in [2.05, 4.69) is 5.32 Å². The van der Waals surface area contributed by atoms with Gasteiger partial charge in [0, 0.05) is 17.7 Å². The molecule has 0 saturated heterocycles. The van der Waals surface area contributed by atoms with Gasteiger partial charge in [0.25, 0.3) is 5.91 Å². The summed E-state index contributed by atoms with van der Waals surface area (Å²) in [6, 6.07) is 6.91. The Morgan fingerprint density at radius 3 is 2.30 bits per heavy atom. The fourth-order valence-electron chi connectivity index (χ4n) is 3.15. The van der Waals surface area contributed by atoms with Crippen molar-refractivity contribution < 1.29 is 31.9 Å². The van der Waals surface area contributed by atoms with E-state index in [1.165, 1.54) is 18.2 Å². The van der Waals surface area contributed by atoms with E-state index in [4.69, 9.17) is 4.74 Å². The van der Waals surface area contributed by atoms with Gasteiger partial charge in [-0.2, -0.15) is 13.2 Å². The zero-order valence-electron chi connectivity index (χ0n) is 16.5. The normalized spacial score (nSPS) is 16.8. The second kappa shape index (κ2) is 7.62. The Balaban J connectivity index is 1.98. The third kappa shape index (κ3) is 4.55. The first-order valence-corrected chi connectivity index (χ1v) is 9.15. The average molecular weight is 424 g/mol. The lowest BCUT2D eigenvalue weighted by atomic mass is 9.95. The van der Waals surface area contributed by atoms with E-state index in [1.807, 2.05) is 0 Å². The number of rotatable bonds is 2. The molecule has 1 aliphatic heterocycles. The van der Waals surface area contributed by atoms with Crippen molar-refractivity contribution in [3.05, 3.63) is 59.4 Å². The summed E-state index contributed by atoms with van der Waals surface area (Å²) in [7, 11) is 0. The minimum atomic E-state index is -4.53. The van der Waals surface area contributed by atoms with Gasteiger partial charge in [-0.3, -0.25) is 9.69 Å². The number of hydrogen-bond acceptors (Lipinski definition) is 3. The molecule has 0 radical (unpaired) electrons. The molecule has 1 atom stereocenters. The highest BCUT2D eigenvalue weighted by atomic mass is 19.4. The average Bonchev–Trinajstić information content (AvgIpc) is 2.61. The van der Waals surface area contributed by atoms with Crippen LogP contribution in [-0.2, 0) is 22.1 Å². The van der Waals surface area contributed by atoms with E-state index in [0.29, 0.717) is 0 Å². The first kappa shape index (κ1) is 21.6. The van der Waals surface area contributed by atoms with Gasteiger partial charge in [-0.25, -0.2) is 9.18 Å². The highest BCUT2D eigenvalue weighted by Crippen LogP contribution is 2.37. The lowest BCUT2D eigenvalue weighted by Crippen LogP contribution is -2.52. The monoisotopic (exact) mass is 424 g/mol. The first-order valence-electron chi connectivity index (χ1n) is 9.15. The number of hydrogen-bond donors (Lipinski definition) is 1. The zero-order chi connectivity index (χ0) is 22.3. The molecule has 5 nitrogen and oxygen atoms in total. The van der Waals surface area contributed by atoms with Gasteiger partial charge >= 0.3 is 12.3 Å². The summed E-state index contributed by atoms with van der Waals surface area (Å²) in [5, 5.41) is 2.43. The lowest BCUT2D eigenvalue weighted by molar-refractivity contribution is -0.137. The van der Waals surface area contributed by atoms with Gasteiger partial charge in [-0.1, -0.05) is 6.07 Å². The van der Waals surface area contributed by atoms with Crippen molar-refractivity contribution in [2.24, 2.45) is 0 Å². The molecule has 2 aromatic rings. The number of nitrogens with one attached hydrogen (secondary N) is 1. The summed E-state index contributed by atoms with van der Waals surface area (Å²) in [5.74, 6) is -1.20. The number of anilines is 2. The molecule has 1 heterocycles. The van der Waals surface area contributed by atoms with Gasteiger partial charge in [-0.15, -0.1) is 0 Å². The molecule has 0 spiro atoms. The van der Waals surface area contributed by atoms with Crippen LogP contribution in [0.3, 0.4) is 0 Å². The minimum Gasteiger partial charge on any atom is -0.444 e. The molecule has 3 rings (SSSR count). The standard InChI is InChI=1S/C21H20F4N2O3/c1-20(2,3)30-19(29)26-16-11-14-15(22)5-4-6-17(14)27(18(16)28)13-9-7-12(8-10-13)21(23,24)25/h4-10,16H,11H2,1-3H3,(H,26,29). The quantitative estimate of drug-likeness (QED) is 0.694. The van der Waals surface area contributed by atoms with Crippen LogP contribution in [-0.4, -0.2) is 23.6 Å². The van der Waals surface area contributed by atoms with Crippen LogP contribution >= 0.6 is 0 Å². The molecule has 2 amide bonds. The first-order chi connectivity index (χ1) is 13.9. The maximum absolute atomic E-state index is 14.5. The summed E-state index contributed by atoms with van der Waals surface area (Å²) < 4.78 is 58.3. The molecule has 0 aliphatic carbocycles. The summed E-state index contributed by atoms with van der Waals surface area (Å²) in [6.07, 6.45) is -5.50. The smallest absolute Gasteiger partial charge is 0.416 e. The Kier molecular flexibility index (Phi) is 5.49. The topological polar surface area (TPSA) is 58.6 Å². The van der Waals surface area contributed by atoms with Crippen molar-refractivity contribution in [1.82, 2.24) is 5.32 Å². The van der Waals surface area contributed by atoms with Crippen molar-refractivity contribution in [2.75, 3.05) is 4.90 Å². The SMILES string of the molecule is CC(C)(C)OC(=O)NC1Cc2c(F)cccc2N(c2ccc(C(F)(F)F)cc2)C1=O. The van der Waals surface area contributed by atoms with Crippen molar-refractivity contribution in [2.45, 2.75) is 45.0 Å². The Morgan fingerprint density at radius 2 is 1.73 bits per heavy atom. The maximum atomic E-state index is 14.5. The molecule has 0 fully saturated rings. The van der Waals surface area contributed by atoms with E-state index in [0.717, 1.165) is 29.2 Å². The van der Waals surface area contributed by atoms with Gasteiger partial charge in [0.1, 0.15) is 17.5 Å². The fourth-order valence-corrected chi connectivity index (χ4v) is 3.15. The molecule has 160 valence electrons. The molecule has 1 aliphatic rings. The van der Waals surface area contributed by atoms with Gasteiger partial charge in [0.05, 0.1) is 11.3 Å². The van der Waals surface area contributed by atoms with Crippen LogP contribution in [0.25, 0.3) is 0 Å². The molecule has 2 aromatic carbocycles. The molecule has 30 heavy (non-hydrogen) atoms. The number of carbonyl (C=O) groups excluding carboxylic acids is 2. The summed E-state index contributed by atoms with van der Waals surface area (Å²) >= 11 is 0. The number of alkyl halides is 3. The van der Waals surface area contributed by atoms with Gasteiger partial charge in [-0.05, 0) is 57.2 Å². The molecule has 0 bridgehead atoms. The maximum Gasteiger partial charge on any atom is 0.416 e. The molecular formula is C21H20F4N2O3. The number of alkyl carbamates (subject to hydrolysis) is 1. The Morgan fingerprint density at radius 1 is 1.10 bits per heavy atom. The summed E-state index contributed by atoms with van der Waals surface area (Å²) in [4.78, 5) is 26.3. The number of amides is 2. The Labute approximate surface area is 170 Å². The van der Waals surface area contributed by atoms with Crippen LogP contribution in [0.4, 0.5) is 33.7 Å². The number of halogens is 4. The van der Waals surface area contributed by atoms with Crippen LogP contribution in [0.1, 0.15) is 31.9 Å². The molecule has 1 N–H and O–H groups in total. The van der Waals surface area contributed by atoms with Crippen molar-refractivity contribution in [3.63, 3.8) is 0 Å². The van der Waals surface area contributed by atoms with E-state index in [1.54, 1.807) is 20.8 Å². The van der Waals surface area contributed by atoms with Crippen molar-refractivity contribution >= 4 is 23.4 Å². The lowest BCUT2D eigenvalue weighted by Gasteiger charge is -2.35. The predicted octanol–water partition coefficient (Wildman–Crippen LogP) is 4.96. The minimum absolute atomic E-state index is 0.114. The third-order valence-electron chi connectivity index (χ3n) is 4.41. The number of benzene rings is 2. The van der Waals surface area contributed by atoms with Gasteiger partial charge in [0.15, 0.2) is 0 Å². The number of carbonyl (C=O) groups is 2. The molecular weight excluding hydrogens is 404 g/mol. The number of nitrogens with zero attached hydrogens (tertiary/aromatic N) is 1. The fraction of sp³-hybridized carbons (Fsp3) is 0.333. The van der Waals surface area contributed by atoms with E-state index < -0.39 is 41.2 Å². The number of fused-ring (bicyclic) bond motifs is 1. The van der Waals surface area contributed by atoms with Gasteiger partial charge < -0.3 is 10.1 Å². The Hall–Kier alpha value is -3.10. The zero-order valence-corrected chi connectivity index (χ0v) is 16.5. The molecule has 0 aromatic heterocycles. The highest BCUT2D eigenvalue weighted by Gasteiger charge is 2.37. The predicted molar refractivity (Wildman–Crippen MR) is 102 cm³/mol. The summed E-state index contributed by atoms with van der Waals surface area (Å²) in [6.45, 7) is 4.95. The highest BCUT2D eigenvalue weighted by molar-refractivity contribution is 6.07. The molecule has 1 unspecified atom stereocenters. The number of ether oxygens (including phenoxy) is 1. The molecule has 9 heteroatoms. The van der Waals surface area contributed by atoms with Crippen LogP contribution in [0.15, 0.2) is 42.5 Å². The van der Waals surface area contributed by atoms with E-state index >= 15 is 0 Å². The van der Waals surface area contributed by atoms with E-state index in [-0.39, 0.29) is 23.4 Å². The second-order valence-corrected chi connectivity index (χ2v) is 7.86. The molecule has 0 saturated carbocycles. The van der Waals surface area contributed by atoms with Crippen molar-refractivity contribution in [3.8, 4) is 0 Å². The second-order valence-electron chi connectivity index (χ2n) is 7.86. The van der Waals surface area contributed by atoms with Crippen LogP contribution in [0, 0.1) is 5.82 Å². The van der Waals surface area contributed by atoms with E-state index in [9.17, 15) is 27.2 Å². The van der Waals surface area contributed by atoms with Crippen LogP contribution < -0.4 is 10.2 Å². The third-order valence-corrected chi connectivity index (χ3v) is 4.41.